The van der Waals surface area contributed by atoms with Gasteiger partial charge in [-0.25, -0.2) is 4.98 Å². The number of rotatable bonds is 12. The van der Waals surface area contributed by atoms with Gasteiger partial charge in [-0.2, -0.15) is 5.10 Å². The predicted molar refractivity (Wildman–Crippen MR) is 137 cm³/mol. The molecular weight excluding hydrogens is 478 g/mol. The summed E-state index contributed by atoms with van der Waals surface area (Å²) in [7, 11) is 4.73. The van der Waals surface area contributed by atoms with Gasteiger partial charge in [0.25, 0.3) is 5.91 Å². The molecule has 11 nitrogen and oxygen atoms in total. The molecule has 0 fully saturated rings. The van der Waals surface area contributed by atoms with Crippen LogP contribution in [0.2, 0.25) is 0 Å². The number of fused-ring (bicyclic) bond motifs is 1. The minimum atomic E-state index is -0.426. The van der Waals surface area contributed by atoms with Crippen LogP contribution in [0.15, 0.2) is 48.9 Å². The zero-order valence-electron chi connectivity index (χ0n) is 21.2. The fourth-order valence-corrected chi connectivity index (χ4v) is 3.60. The van der Waals surface area contributed by atoms with E-state index >= 15 is 0 Å². The Balaban J connectivity index is 1.49. The molecule has 0 aliphatic carbocycles. The van der Waals surface area contributed by atoms with E-state index in [1.54, 1.807) is 62.7 Å². The van der Waals surface area contributed by atoms with Crippen molar-refractivity contribution in [1.82, 2.24) is 19.7 Å². The molecule has 1 N–H and O–H groups in total. The van der Waals surface area contributed by atoms with Gasteiger partial charge in [0.15, 0.2) is 22.9 Å². The Labute approximate surface area is 214 Å². The summed E-state index contributed by atoms with van der Waals surface area (Å²) in [6.07, 6.45) is 5.75. The van der Waals surface area contributed by atoms with Gasteiger partial charge in [0.2, 0.25) is 0 Å². The zero-order chi connectivity index (χ0) is 26.2. The van der Waals surface area contributed by atoms with Crippen LogP contribution < -0.4 is 24.3 Å². The van der Waals surface area contributed by atoms with Gasteiger partial charge in [-0.3, -0.25) is 14.5 Å². The number of aryl methyl sites for hydroxylation is 1. The standard InChI is InChI=1S/C26H29N5O6/c1-5-10-31-16-23(36-12-11-33-2)25(30-31)26(32)29-24-7-6-17(15-28-24)37-20-8-9-27-19-14-22(35-4)21(34-3)13-18(19)20/h6-9,13-16H,5,10-12H2,1-4H3,(H,28,29,32). The van der Waals surface area contributed by atoms with Crippen molar-refractivity contribution in [2.45, 2.75) is 19.9 Å². The Hall–Kier alpha value is -4.38. The first-order chi connectivity index (χ1) is 18.1. The first-order valence-corrected chi connectivity index (χ1v) is 11.7. The van der Waals surface area contributed by atoms with Gasteiger partial charge in [0.05, 0.1) is 38.7 Å². The topological polar surface area (TPSA) is 119 Å². The molecule has 0 unspecified atom stereocenters. The molecule has 0 saturated carbocycles. The third-order valence-electron chi connectivity index (χ3n) is 5.35. The summed E-state index contributed by atoms with van der Waals surface area (Å²) in [4.78, 5) is 21.6. The SMILES string of the molecule is CCCn1cc(OCCOC)c(C(=O)Nc2ccc(Oc3ccnc4cc(OC)c(OC)cc34)cn2)n1. The smallest absolute Gasteiger partial charge is 0.281 e. The van der Waals surface area contributed by atoms with Crippen LogP contribution in [0.1, 0.15) is 23.8 Å². The highest BCUT2D eigenvalue weighted by atomic mass is 16.5. The monoisotopic (exact) mass is 507 g/mol. The summed E-state index contributed by atoms with van der Waals surface area (Å²) in [5.41, 5.74) is 0.873. The van der Waals surface area contributed by atoms with Crippen molar-refractivity contribution in [3.05, 3.63) is 54.6 Å². The van der Waals surface area contributed by atoms with Crippen molar-refractivity contribution in [2.75, 3.05) is 39.9 Å². The van der Waals surface area contributed by atoms with Crippen molar-refractivity contribution in [2.24, 2.45) is 0 Å². The lowest BCUT2D eigenvalue weighted by molar-refractivity contribution is 0.101. The summed E-state index contributed by atoms with van der Waals surface area (Å²) < 4.78 is 29.2. The van der Waals surface area contributed by atoms with Gasteiger partial charge in [-0.15, -0.1) is 0 Å². The van der Waals surface area contributed by atoms with E-state index in [0.717, 1.165) is 11.8 Å². The molecule has 0 atom stereocenters. The molecule has 11 heteroatoms. The van der Waals surface area contributed by atoms with E-state index in [4.69, 9.17) is 23.7 Å². The van der Waals surface area contributed by atoms with E-state index < -0.39 is 5.91 Å². The Kier molecular flexibility index (Phi) is 8.37. The van der Waals surface area contributed by atoms with Crippen LogP contribution in [0.3, 0.4) is 0 Å². The number of nitrogens with one attached hydrogen (secondary N) is 1. The Morgan fingerprint density at radius 3 is 2.49 bits per heavy atom. The summed E-state index contributed by atoms with van der Waals surface area (Å²) in [5, 5.41) is 7.88. The number of nitrogens with zero attached hydrogens (tertiary/aromatic N) is 4. The second-order valence-electron chi connectivity index (χ2n) is 7.92. The molecule has 3 aromatic heterocycles. The van der Waals surface area contributed by atoms with Crippen LogP contribution in [-0.4, -0.2) is 60.2 Å². The average molecular weight is 508 g/mol. The van der Waals surface area contributed by atoms with E-state index in [1.807, 2.05) is 13.0 Å². The fourth-order valence-electron chi connectivity index (χ4n) is 3.60. The number of amides is 1. The van der Waals surface area contributed by atoms with E-state index in [0.29, 0.717) is 59.8 Å². The van der Waals surface area contributed by atoms with Gasteiger partial charge in [-0.1, -0.05) is 6.92 Å². The van der Waals surface area contributed by atoms with Crippen molar-refractivity contribution in [1.29, 1.82) is 0 Å². The van der Waals surface area contributed by atoms with Crippen LogP contribution in [0, 0.1) is 0 Å². The normalized spacial score (nSPS) is 10.8. The molecule has 4 rings (SSSR count). The van der Waals surface area contributed by atoms with Crippen molar-refractivity contribution in [3.8, 4) is 28.7 Å². The third kappa shape index (κ3) is 6.07. The van der Waals surface area contributed by atoms with E-state index in [2.05, 4.69) is 20.4 Å². The number of carbonyl (C=O) groups excluding carboxylic acids is 1. The minimum Gasteiger partial charge on any atom is -0.493 e. The maximum atomic E-state index is 12.9. The molecule has 0 aliphatic heterocycles. The number of ether oxygens (including phenoxy) is 5. The lowest BCUT2D eigenvalue weighted by Gasteiger charge is -2.12. The highest BCUT2D eigenvalue weighted by Gasteiger charge is 2.19. The number of hydrogen-bond acceptors (Lipinski definition) is 9. The van der Waals surface area contributed by atoms with Crippen LogP contribution in [0.4, 0.5) is 5.82 Å². The van der Waals surface area contributed by atoms with Gasteiger partial charge < -0.3 is 29.0 Å². The highest BCUT2D eigenvalue weighted by Crippen LogP contribution is 2.36. The number of pyridine rings is 2. The molecule has 1 amide bonds. The van der Waals surface area contributed by atoms with Crippen LogP contribution in [-0.2, 0) is 11.3 Å². The maximum absolute atomic E-state index is 12.9. The second kappa shape index (κ2) is 12.0. The molecule has 3 heterocycles. The van der Waals surface area contributed by atoms with Gasteiger partial charge >= 0.3 is 0 Å². The second-order valence-corrected chi connectivity index (χ2v) is 7.92. The largest absolute Gasteiger partial charge is 0.493 e. The predicted octanol–water partition coefficient (Wildman–Crippen LogP) is 4.32. The Morgan fingerprint density at radius 1 is 0.973 bits per heavy atom. The van der Waals surface area contributed by atoms with Crippen molar-refractivity contribution >= 4 is 22.6 Å². The van der Waals surface area contributed by atoms with Gasteiger partial charge in [0.1, 0.15) is 23.9 Å². The summed E-state index contributed by atoms with van der Waals surface area (Å²) in [6, 6.07) is 8.70. The summed E-state index contributed by atoms with van der Waals surface area (Å²) in [6.45, 7) is 3.40. The van der Waals surface area contributed by atoms with Crippen LogP contribution in [0.5, 0.6) is 28.7 Å². The number of anilines is 1. The number of benzene rings is 1. The van der Waals surface area contributed by atoms with Crippen LogP contribution in [0.25, 0.3) is 10.9 Å². The number of hydrogen-bond donors (Lipinski definition) is 1. The van der Waals surface area contributed by atoms with Gasteiger partial charge in [0, 0.05) is 31.3 Å². The molecule has 1 aromatic carbocycles. The quantitative estimate of drug-likeness (QED) is 0.280. The average Bonchev–Trinajstić information content (AvgIpc) is 3.32. The Morgan fingerprint density at radius 2 is 1.78 bits per heavy atom. The molecule has 37 heavy (non-hydrogen) atoms. The molecular formula is C26H29N5O6. The van der Waals surface area contributed by atoms with E-state index in [1.165, 1.54) is 6.20 Å². The van der Waals surface area contributed by atoms with E-state index in [9.17, 15) is 4.79 Å². The molecule has 4 aromatic rings. The lowest BCUT2D eigenvalue weighted by Crippen LogP contribution is -2.16. The molecule has 0 spiro atoms. The van der Waals surface area contributed by atoms with Crippen LogP contribution >= 0.6 is 0 Å². The summed E-state index contributed by atoms with van der Waals surface area (Å²) >= 11 is 0. The molecule has 0 radical (unpaired) electrons. The van der Waals surface area contributed by atoms with E-state index in [-0.39, 0.29) is 5.69 Å². The maximum Gasteiger partial charge on any atom is 0.281 e. The lowest BCUT2D eigenvalue weighted by atomic mass is 10.2. The summed E-state index contributed by atoms with van der Waals surface area (Å²) in [5.74, 6) is 2.50. The Bertz CT molecular complexity index is 1360. The first-order valence-electron chi connectivity index (χ1n) is 11.7. The zero-order valence-corrected chi connectivity index (χ0v) is 21.2. The van der Waals surface area contributed by atoms with Gasteiger partial charge in [-0.05, 0) is 30.7 Å². The van der Waals surface area contributed by atoms with Crippen molar-refractivity contribution in [3.63, 3.8) is 0 Å². The number of methoxy groups -OCH3 is 3. The number of carbonyl (C=O) groups is 1. The number of aromatic nitrogens is 4. The highest BCUT2D eigenvalue weighted by molar-refractivity contribution is 6.04. The third-order valence-corrected chi connectivity index (χ3v) is 5.35. The first kappa shape index (κ1) is 25.7. The molecule has 194 valence electrons. The fraction of sp³-hybridized carbons (Fsp3) is 0.308. The minimum absolute atomic E-state index is 0.180. The molecule has 0 bridgehead atoms. The van der Waals surface area contributed by atoms with Crippen molar-refractivity contribution < 1.29 is 28.5 Å². The molecule has 0 saturated heterocycles. The molecule has 0 aliphatic rings.